The SMILES string of the molecule is C[P@@]1(=O)COc2cccc(-c3ccccc3)c21. The van der Waals surface area contributed by atoms with Gasteiger partial charge < -0.3 is 9.30 Å². The van der Waals surface area contributed by atoms with Crippen LogP contribution in [0.25, 0.3) is 11.1 Å². The lowest BCUT2D eigenvalue weighted by Crippen LogP contribution is -2.03. The smallest absolute Gasteiger partial charge is 0.152 e. The molecular formula is C14H13O2P. The van der Waals surface area contributed by atoms with Crippen molar-refractivity contribution in [1.82, 2.24) is 0 Å². The van der Waals surface area contributed by atoms with Crippen molar-refractivity contribution >= 4 is 12.4 Å². The van der Waals surface area contributed by atoms with Crippen LogP contribution in [0.15, 0.2) is 48.5 Å². The molecule has 0 aliphatic carbocycles. The second-order valence-electron chi connectivity index (χ2n) is 4.39. The van der Waals surface area contributed by atoms with Crippen LogP contribution in [0.2, 0.25) is 0 Å². The van der Waals surface area contributed by atoms with E-state index in [-0.39, 0.29) is 0 Å². The molecule has 3 rings (SSSR count). The average molecular weight is 244 g/mol. The minimum absolute atomic E-state index is 0.326. The van der Waals surface area contributed by atoms with Crippen molar-refractivity contribution in [2.75, 3.05) is 13.0 Å². The number of ether oxygens (including phenoxy) is 1. The molecule has 0 aromatic heterocycles. The Morgan fingerprint density at radius 3 is 2.59 bits per heavy atom. The molecular weight excluding hydrogens is 231 g/mol. The van der Waals surface area contributed by atoms with E-state index in [0.29, 0.717) is 6.35 Å². The fourth-order valence-electron chi connectivity index (χ4n) is 2.23. The molecule has 1 heterocycles. The van der Waals surface area contributed by atoms with Crippen LogP contribution in [0.1, 0.15) is 0 Å². The van der Waals surface area contributed by atoms with Crippen LogP contribution in [0.3, 0.4) is 0 Å². The lowest BCUT2D eigenvalue weighted by atomic mass is 10.1. The maximum absolute atomic E-state index is 12.5. The molecule has 0 bridgehead atoms. The van der Waals surface area contributed by atoms with E-state index < -0.39 is 7.14 Å². The Hall–Kier alpha value is -1.53. The highest BCUT2D eigenvalue weighted by atomic mass is 31.2. The van der Waals surface area contributed by atoms with Crippen molar-refractivity contribution in [2.45, 2.75) is 0 Å². The molecule has 0 saturated heterocycles. The molecule has 0 fully saturated rings. The topological polar surface area (TPSA) is 26.3 Å². The number of rotatable bonds is 1. The first-order valence-electron chi connectivity index (χ1n) is 5.57. The first kappa shape index (κ1) is 10.6. The molecule has 3 heteroatoms. The van der Waals surface area contributed by atoms with E-state index >= 15 is 0 Å². The summed E-state index contributed by atoms with van der Waals surface area (Å²) in [4.78, 5) is 0. The van der Waals surface area contributed by atoms with Crippen LogP contribution in [0.4, 0.5) is 0 Å². The molecule has 1 atom stereocenters. The predicted octanol–water partition coefficient (Wildman–Crippen LogP) is 3.32. The second-order valence-corrected chi connectivity index (χ2v) is 7.30. The summed E-state index contributed by atoms with van der Waals surface area (Å²) in [5.41, 5.74) is 2.13. The van der Waals surface area contributed by atoms with Crippen LogP contribution in [0.5, 0.6) is 5.75 Å². The van der Waals surface area contributed by atoms with Crippen LogP contribution >= 0.6 is 7.14 Å². The highest BCUT2D eigenvalue weighted by Crippen LogP contribution is 2.50. The predicted molar refractivity (Wildman–Crippen MR) is 70.5 cm³/mol. The average Bonchev–Trinajstić information content (AvgIpc) is 2.67. The zero-order valence-corrected chi connectivity index (χ0v) is 10.5. The van der Waals surface area contributed by atoms with Crippen molar-refractivity contribution in [2.24, 2.45) is 0 Å². The summed E-state index contributed by atoms with van der Waals surface area (Å²) in [6, 6.07) is 15.9. The third kappa shape index (κ3) is 1.69. The van der Waals surface area contributed by atoms with Gasteiger partial charge in [0.2, 0.25) is 0 Å². The van der Waals surface area contributed by atoms with Gasteiger partial charge in [0.25, 0.3) is 0 Å². The summed E-state index contributed by atoms with van der Waals surface area (Å²) in [5.74, 6) is 0.775. The third-order valence-electron chi connectivity index (χ3n) is 3.02. The first-order valence-corrected chi connectivity index (χ1v) is 7.91. The Labute approximate surface area is 101 Å². The van der Waals surface area contributed by atoms with E-state index in [1.807, 2.05) is 48.5 Å². The van der Waals surface area contributed by atoms with Gasteiger partial charge in [-0.3, -0.25) is 0 Å². The molecule has 86 valence electrons. The maximum Gasteiger partial charge on any atom is 0.152 e. The molecule has 2 nitrogen and oxygen atoms in total. The van der Waals surface area contributed by atoms with Gasteiger partial charge in [-0.05, 0) is 23.9 Å². The lowest BCUT2D eigenvalue weighted by Gasteiger charge is -2.09. The molecule has 1 aliphatic rings. The summed E-state index contributed by atoms with van der Waals surface area (Å²) >= 11 is 0. The molecule has 17 heavy (non-hydrogen) atoms. The molecule has 0 saturated carbocycles. The van der Waals surface area contributed by atoms with Crippen molar-refractivity contribution in [3.8, 4) is 16.9 Å². The van der Waals surface area contributed by atoms with E-state index in [0.717, 1.165) is 22.2 Å². The fourth-order valence-corrected chi connectivity index (χ4v) is 4.07. The van der Waals surface area contributed by atoms with Gasteiger partial charge in [0, 0.05) is 0 Å². The minimum atomic E-state index is -2.36. The zero-order chi connectivity index (χ0) is 11.9. The van der Waals surface area contributed by atoms with Crippen molar-refractivity contribution < 1.29 is 9.30 Å². The second kappa shape index (κ2) is 3.75. The van der Waals surface area contributed by atoms with Crippen LogP contribution < -0.4 is 10.0 Å². The van der Waals surface area contributed by atoms with Crippen molar-refractivity contribution in [3.63, 3.8) is 0 Å². The Bertz CT molecular complexity index is 605. The molecule has 0 spiro atoms. The fraction of sp³-hybridized carbons (Fsp3) is 0.143. The summed E-state index contributed by atoms with van der Waals surface area (Å²) in [7, 11) is -2.36. The highest BCUT2D eigenvalue weighted by molar-refractivity contribution is 7.71. The van der Waals surface area contributed by atoms with Gasteiger partial charge in [-0.1, -0.05) is 42.5 Å². The zero-order valence-electron chi connectivity index (χ0n) is 9.59. The van der Waals surface area contributed by atoms with Gasteiger partial charge in [0.1, 0.15) is 12.1 Å². The molecule has 0 N–H and O–H groups in total. The molecule has 0 amide bonds. The molecule has 1 aliphatic heterocycles. The minimum Gasteiger partial charge on any atom is -0.485 e. The largest absolute Gasteiger partial charge is 0.485 e. The first-order chi connectivity index (χ1) is 8.18. The van der Waals surface area contributed by atoms with Crippen LogP contribution in [0, 0.1) is 0 Å². The summed E-state index contributed by atoms with van der Waals surface area (Å²) in [5, 5.41) is 0.895. The van der Waals surface area contributed by atoms with E-state index in [2.05, 4.69) is 0 Å². The molecule has 0 radical (unpaired) electrons. The van der Waals surface area contributed by atoms with E-state index in [1.54, 1.807) is 6.66 Å². The van der Waals surface area contributed by atoms with Gasteiger partial charge in [0.05, 0.1) is 5.30 Å². The number of benzene rings is 2. The molecule has 2 aromatic carbocycles. The monoisotopic (exact) mass is 244 g/mol. The molecule has 0 unspecified atom stereocenters. The Morgan fingerprint density at radius 1 is 1.06 bits per heavy atom. The number of hydrogen-bond donors (Lipinski definition) is 0. The van der Waals surface area contributed by atoms with Crippen molar-refractivity contribution in [3.05, 3.63) is 48.5 Å². The van der Waals surface area contributed by atoms with Crippen LogP contribution in [-0.4, -0.2) is 13.0 Å². The third-order valence-corrected chi connectivity index (χ3v) is 5.05. The Kier molecular flexibility index (Phi) is 2.34. The summed E-state index contributed by atoms with van der Waals surface area (Å²) in [6.45, 7) is 1.80. The van der Waals surface area contributed by atoms with Gasteiger partial charge in [-0.2, -0.15) is 0 Å². The van der Waals surface area contributed by atoms with Crippen molar-refractivity contribution in [1.29, 1.82) is 0 Å². The highest BCUT2D eigenvalue weighted by Gasteiger charge is 2.33. The standard InChI is InChI=1S/C14H13O2P/c1-17(15)10-16-13-9-5-8-12(14(13)17)11-6-3-2-4-7-11/h2-9H,10H2,1H3/t17-/m1/s1. The van der Waals surface area contributed by atoms with Gasteiger partial charge in [-0.25, -0.2) is 0 Å². The lowest BCUT2D eigenvalue weighted by molar-refractivity contribution is 0.394. The molecule has 2 aromatic rings. The Morgan fingerprint density at radius 2 is 1.82 bits per heavy atom. The normalized spacial score (nSPS) is 21.9. The summed E-state index contributed by atoms with van der Waals surface area (Å²) in [6.07, 6.45) is 0.326. The van der Waals surface area contributed by atoms with E-state index in [1.165, 1.54) is 0 Å². The number of hydrogen-bond acceptors (Lipinski definition) is 2. The van der Waals surface area contributed by atoms with Gasteiger partial charge in [-0.15, -0.1) is 0 Å². The summed E-state index contributed by atoms with van der Waals surface area (Å²) < 4.78 is 18.0. The quantitative estimate of drug-likeness (QED) is 0.719. The van der Waals surface area contributed by atoms with Crippen LogP contribution in [-0.2, 0) is 4.57 Å². The van der Waals surface area contributed by atoms with Gasteiger partial charge >= 0.3 is 0 Å². The van der Waals surface area contributed by atoms with Gasteiger partial charge in [0.15, 0.2) is 7.14 Å². The Balaban J connectivity index is 2.27. The van der Waals surface area contributed by atoms with E-state index in [9.17, 15) is 4.57 Å². The number of fused-ring (bicyclic) bond motifs is 1. The van der Waals surface area contributed by atoms with E-state index in [4.69, 9.17) is 4.74 Å². The maximum atomic E-state index is 12.5.